The molecule has 0 radical (unpaired) electrons. The fraction of sp³-hybridized carbons (Fsp3) is 0.600. The standard InChI is InChI=1S/C15H21ClFN/c1-2-8-18-11-15(6-3-7-15)10-12-9-13(17)4-5-14(12)16/h4-5,9,18H,2-3,6-8,10-11H2,1H3. The molecule has 0 aliphatic heterocycles. The van der Waals surface area contributed by atoms with E-state index >= 15 is 0 Å². The van der Waals surface area contributed by atoms with Crippen LogP contribution in [0.4, 0.5) is 4.39 Å². The van der Waals surface area contributed by atoms with Crippen LogP contribution in [0.5, 0.6) is 0 Å². The lowest BCUT2D eigenvalue weighted by Crippen LogP contribution is -2.42. The third kappa shape index (κ3) is 3.24. The summed E-state index contributed by atoms with van der Waals surface area (Å²) >= 11 is 6.16. The van der Waals surface area contributed by atoms with Gasteiger partial charge in [0.15, 0.2) is 0 Å². The summed E-state index contributed by atoms with van der Waals surface area (Å²) in [5.41, 5.74) is 1.25. The van der Waals surface area contributed by atoms with Crippen molar-refractivity contribution in [3.8, 4) is 0 Å². The summed E-state index contributed by atoms with van der Waals surface area (Å²) in [5, 5.41) is 4.19. The molecule has 0 aromatic heterocycles. The normalized spacial score (nSPS) is 17.5. The first kappa shape index (κ1) is 13.8. The lowest BCUT2D eigenvalue weighted by molar-refractivity contribution is 0.130. The largest absolute Gasteiger partial charge is 0.316 e. The molecule has 1 nitrogen and oxygen atoms in total. The van der Waals surface area contributed by atoms with Crippen LogP contribution < -0.4 is 5.32 Å². The molecule has 1 fully saturated rings. The van der Waals surface area contributed by atoms with E-state index in [-0.39, 0.29) is 5.82 Å². The van der Waals surface area contributed by atoms with Crippen molar-refractivity contribution in [3.63, 3.8) is 0 Å². The molecular formula is C15H21ClFN. The van der Waals surface area contributed by atoms with Gasteiger partial charge in [-0.25, -0.2) is 4.39 Å². The summed E-state index contributed by atoms with van der Waals surface area (Å²) in [4.78, 5) is 0. The number of benzene rings is 1. The smallest absolute Gasteiger partial charge is 0.123 e. The first-order valence-corrected chi connectivity index (χ1v) is 7.18. The van der Waals surface area contributed by atoms with E-state index in [2.05, 4.69) is 12.2 Å². The molecule has 1 N–H and O–H groups in total. The van der Waals surface area contributed by atoms with Crippen molar-refractivity contribution < 1.29 is 4.39 Å². The molecule has 0 bridgehead atoms. The second kappa shape index (κ2) is 6.03. The fourth-order valence-corrected chi connectivity index (χ4v) is 2.89. The van der Waals surface area contributed by atoms with E-state index in [0.29, 0.717) is 10.4 Å². The van der Waals surface area contributed by atoms with Gasteiger partial charge in [-0.05, 0) is 61.4 Å². The molecule has 0 saturated heterocycles. The number of rotatable bonds is 6. The Balaban J connectivity index is 2.03. The van der Waals surface area contributed by atoms with Gasteiger partial charge in [-0.2, -0.15) is 0 Å². The van der Waals surface area contributed by atoms with Gasteiger partial charge in [0.1, 0.15) is 5.82 Å². The zero-order valence-electron chi connectivity index (χ0n) is 10.9. The number of hydrogen-bond donors (Lipinski definition) is 1. The zero-order chi connectivity index (χ0) is 13.0. The Bertz CT molecular complexity index is 401. The summed E-state index contributed by atoms with van der Waals surface area (Å²) in [7, 11) is 0. The average molecular weight is 270 g/mol. The third-order valence-electron chi connectivity index (χ3n) is 3.91. The zero-order valence-corrected chi connectivity index (χ0v) is 11.7. The summed E-state index contributed by atoms with van der Waals surface area (Å²) in [5.74, 6) is -0.189. The van der Waals surface area contributed by atoms with Gasteiger partial charge in [-0.1, -0.05) is 24.9 Å². The van der Waals surface area contributed by atoms with Crippen molar-refractivity contribution in [2.45, 2.75) is 39.0 Å². The van der Waals surface area contributed by atoms with Gasteiger partial charge in [-0.15, -0.1) is 0 Å². The average Bonchev–Trinajstić information content (AvgIpc) is 2.30. The van der Waals surface area contributed by atoms with Crippen molar-refractivity contribution in [3.05, 3.63) is 34.6 Å². The number of hydrogen-bond acceptors (Lipinski definition) is 1. The molecule has 100 valence electrons. The molecule has 18 heavy (non-hydrogen) atoms. The van der Waals surface area contributed by atoms with Gasteiger partial charge < -0.3 is 5.32 Å². The molecule has 1 aromatic rings. The van der Waals surface area contributed by atoms with Crippen LogP contribution in [0.1, 0.15) is 38.2 Å². The maximum atomic E-state index is 13.3. The molecule has 0 spiro atoms. The Morgan fingerprint density at radius 3 is 2.78 bits per heavy atom. The topological polar surface area (TPSA) is 12.0 Å². The molecule has 0 amide bonds. The maximum Gasteiger partial charge on any atom is 0.123 e. The summed E-state index contributed by atoms with van der Waals surface area (Å²) < 4.78 is 13.3. The number of halogens is 2. The van der Waals surface area contributed by atoms with Crippen LogP contribution in [0.3, 0.4) is 0 Å². The summed E-state index contributed by atoms with van der Waals surface area (Å²) in [6.07, 6.45) is 5.75. The number of nitrogens with one attached hydrogen (secondary N) is 1. The molecule has 1 aliphatic rings. The Morgan fingerprint density at radius 2 is 2.17 bits per heavy atom. The quantitative estimate of drug-likeness (QED) is 0.764. The minimum Gasteiger partial charge on any atom is -0.316 e. The molecule has 0 atom stereocenters. The van der Waals surface area contributed by atoms with E-state index < -0.39 is 0 Å². The maximum absolute atomic E-state index is 13.3. The SMILES string of the molecule is CCCNCC1(Cc2cc(F)ccc2Cl)CCC1. The highest BCUT2D eigenvalue weighted by molar-refractivity contribution is 6.31. The van der Waals surface area contributed by atoms with E-state index in [4.69, 9.17) is 11.6 Å². The van der Waals surface area contributed by atoms with Crippen LogP contribution in [-0.4, -0.2) is 13.1 Å². The molecule has 3 heteroatoms. The van der Waals surface area contributed by atoms with Crippen molar-refractivity contribution in [2.24, 2.45) is 5.41 Å². The van der Waals surface area contributed by atoms with E-state index in [0.717, 1.165) is 31.5 Å². The Hall–Kier alpha value is -0.600. The predicted molar refractivity (Wildman–Crippen MR) is 74.6 cm³/mol. The second-order valence-electron chi connectivity index (χ2n) is 5.44. The van der Waals surface area contributed by atoms with Crippen molar-refractivity contribution in [2.75, 3.05) is 13.1 Å². The van der Waals surface area contributed by atoms with Crippen LogP contribution in [0.2, 0.25) is 5.02 Å². The van der Waals surface area contributed by atoms with E-state index in [1.807, 2.05) is 0 Å². The minimum atomic E-state index is -0.189. The predicted octanol–water partition coefficient (Wildman–Crippen LogP) is 4.19. The minimum absolute atomic E-state index is 0.189. The van der Waals surface area contributed by atoms with Gasteiger partial charge >= 0.3 is 0 Å². The Morgan fingerprint density at radius 1 is 1.39 bits per heavy atom. The van der Waals surface area contributed by atoms with E-state index in [1.54, 1.807) is 12.1 Å². The Kier molecular flexibility index (Phi) is 4.63. The lowest BCUT2D eigenvalue weighted by atomic mass is 9.65. The van der Waals surface area contributed by atoms with Crippen LogP contribution in [-0.2, 0) is 6.42 Å². The molecule has 1 saturated carbocycles. The van der Waals surface area contributed by atoms with Gasteiger partial charge in [0.2, 0.25) is 0 Å². The van der Waals surface area contributed by atoms with Crippen LogP contribution >= 0.6 is 11.6 Å². The lowest BCUT2D eigenvalue weighted by Gasteiger charge is -2.42. The van der Waals surface area contributed by atoms with E-state index in [1.165, 1.54) is 25.3 Å². The van der Waals surface area contributed by atoms with Gasteiger partial charge in [0.05, 0.1) is 0 Å². The summed E-state index contributed by atoms with van der Waals surface area (Å²) in [6.45, 7) is 4.25. The van der Waals surface area contributed by atoms with Gasteiger partial charge in [0.25, 0.3) is 0 Å². The van der Waals surface area contributed by atoms with Gasteiger partial charge in [0, 0.05) is 11.6 Å². The van der Waals surface area contributed by atoms with E-state index in [9.17, 15) is 4.39 Å². The molecule has 1 aliphatic carbocycles. The first-order chi connectivity index (χ1) is 8.65. The molecular weight excluding hydrogens is 249 g/mol. The van der Waals surface area contributed by atoms with Gasteiger partial charge in [-0.3, -0.25) is 0 Å². The highest BCUT2D eigenvalue weighted by Gasteiger charge is 2.36. The van der Waals surface area contributed by atoms with Crippen LogP contribution in [0.25, 0.3) is 0 Å². The van der Waals surface area contributed by atoms with Crippen molar-refractivity contribution >= 4 is 11.6 Å². The molecule has 2 rings (SSSR count). The van der Waals surface area contributed by atoms with Crippen LogP contribution in [0.15, 0.2) is 18.2 Å². The molecule has 1 aromatic carbocycles. The molecule has 0 unspecified atom stereocenters. The molecule has 0 heterocycles. The summed E-state index contributed by atoms with van der Waals surface area (Å²) in [6, 6.07) is 4.68. The van der Waals surface area contributed by atoms with Crippen molar-refractivity contribution in [1.82, 2.24) is 5.32 Å². The first-order valence-electron chi connectivity index (χ1n) is 6.80. The highest BCUT2D eigenvalue weighted by Crippen LogP contribution is 2.44. The monoisotopic (exact) mass is 269 g/mol. The Labute approximate surface area is 114 Å². The van der Waals surface area contributed by atoms with Crippen molar-refractivity contribution in [1.29, 1.82) is 0 Å². The van der Waals surface area contributed by atoms with Crippen LogP contribution in [0, 0.1) is 11.2 Å². The highest BCUT2D eigenvalue weighted by atomic mass is 35.5. The second-order valence-corrected chi connectivity index (χ2v) is 5.85. The third-order valence-corrected chi connectivity index (χ3v) is 4.28. The fourth-order valence-electron chi connectivity index (χ4n) is 2.71.